The Bertz CT molecular complexity index is 1130. The number of aromatic nitrogens is 3. The van der Waals surface area contributed by atoms with Crippen LogP contribution in [0.4, 0.5) is 0 Å². The van der Waals surface area contributed by atoms with Crippen molar-refractivity contribution in [2.45, 2.75) is 63.2 Å². The van der Waals surface area contributed by atoms with Gasteiger partial charge in [-0.25, -0.2) is 9.67 Å². The van der Waals surface area contributed by atoms with Gasteiger partial charge in [0.15, 0.2) is 0 Å². The first-order chi connectivity index (χ1) is 16.0. The van der Waals surface area contributed by atoms with Gasteiger partial charge in [-0.2, -0.15) is 5.10 Å². The second kappa shape index (κ2) is 8.81. The summed E-state index contributed by atoms with van der Waals surface area (Å²) in [5, 5.41) is 7.48. The number of hydrogen-bond donors (Lipinski definition) is 1. The second-order valence-electron chi connectivity index (χ2n) is 9.38. The first-order valence-corrected chi connectivity index (χ1v) is 11.6. The molecule has 0 bridgehead atoms. The number of benzene rings is 2. The summed E-state index contributed by atoms with van der Waals surface area (Å²) >= 11 is 0. The number of fused-ring (bicyclic) bond motifs is 1. The van der Waals surface area contributed by atoms with Gasteiger partial charge in [-0.05, 0) is 49.8 Å². The van der Waals surface area contributed by atoms with E-state index in [0.717, 1.165) is 31.2 Å². The van der Waals surface area contributed by atoms with E-state index in [1.807, 2.05) is 42.5 Å². The fourth-order valence-electron chi connectivity index (χ4n) is 5.57. The van der Waals surface area contributed by atoms with E-state index in [0.29, 0.717) is 18.5 Å². The zero-order valence-electron chi connectivity index (χ0n) is 18.9. The molecule has 3 atom stereocenters. The predicted molar refractivity (Wildman–Crippen MR) is 124 cm³/mol. The van der Waals surface area contributed by atoms with Crippen LogP contribution in [-0.4, -0.2) is 49.1 Å². The minimum Gasteiger partial charge on any atom is -0.349 e. The molecule has 2 aliphatic heterocycles. The van der Waals surface area contributed by atoms with Gasteiger partial charge in [0, 0.05) is 18.0 Å². The summed E-state index contributed by atoms with van der Waals surface area (Å²) in [7, 11) is 0. The molecule has 1 N–H and O–H groups in total. The molecule has 7 heteroatoms. The van der Waals surface area contributed by atoms with Crippen LogP contribution in [0.15, 0.2) is 67.3 Å². The van der Waals surface area contributed by atoms with Crippen molar-refractivity contribution in [1.82, 2.24) is 25.0 Å². The summed E-state index contributed by atoms with van der Waals surface area (Å²) in [5.74, 6) is 0.107. The SMILES string of the molecule is C[C@]12C[C@@H](Cc3ccccc3)N(C(=O)c3ccccc3Cn3cncn3)[C@H]1CCCC(=O)N2. The van der Waals surface area contributed by atoms with Crippen molar-refractivity contribution < 1.29 is 9.59 Å². The van der Waals surface area contributed by atoms with E-state index in [2.05, 4.69) is 39.4 Å². The van der Waals surface area contributed by atoms with Crippen LogP contribution < -0.4 is 5.32 Å². The third-order valence-corrected chi connectivity index (χ3v) is 7.03. The maximum Gasteiger partial charge on any atom is 0.254 e. The monoisotopic (exact) mass is 443 g/mol. The number of carbonyl (C=O) groups excluding carboxylic acids is 2. The highest BCUT2D eigenvalue weighted by Crippen LogP contribution is 2.40. The molecule has 2 aliphatic rings. The molecule has 0 aliphatic carbocycles. The van der Waals surface area contributed by atoms with Gasteiger partial charge in [0.25, 0.3) is 5.91 Å². The number of nitrogens with zero attached hydrogens (tertiary/aromatic N) is 4. The van der Waals surface area contributed by atoms with Crippen molar-refractivity contribution in [2.75, 3.05) is 0 Å². The molecule has 0 spiro atoms. The van der Waals surface area contributed by atoms with Gasteiger partial charge in [0.2, 0.25) is 5.91 Å². The summed E-state index contributed by atoms with van der Waals surface area (Å²) in [6, 6.07) is 18.0. The lowest BCUT2D eigenvalue weighted by atomic mass is 9.88. The number of nitrogens with one attached hydrogen (secondary N) is 1. The van der Waals surface area contributed by atoms with Gasteiger partial charge in [0.1, 0.15) is 12.7 Å². The maximum atomic E-state index is 14.2. The Balaban J connectivity index is 1.51. The van der Waals surface area contributed by atoms with E-state index in [4.69, 9.17) is 0 Å². The summed E-state index contributed by atoms with van der Waals surface area (Å²) < 4.78 is 1.73. The van der Waals surface area contributed by atoms with E-state index >= 15 is 0 Å². The average Bonchev–Trinajstić information content (AvgIpc) is 3.37. The minimum atomic E-state index is -0.427. The molecule has 5 rings (SSSR count). The Morgan fingerprint density at radius 2 is 1.94 bits per heavy atom. The van der Waals surface area contributed by atoms with Crippen LogP contribution >= 0.6 is 0 Å². The first kappa shape index (κ1) is 21.4. The fraction of sp³-hybridized carbons (Fsp3) is 0.385. The fourth-order valence-corrected chi connectivity index (χ4v) is 5.57. The molecule has 2 saturated heterocycles. The molecule has 170 valence electrons. The maximum absolute atomic E-state index is 14.2. The van der Waals surface area contributed by atoms with Crippen LogP contribution in [0.25, 0.3) is 0 Å². The largest absolute Gasteiger partial charge is 0.349 e. The summed E-state index contributed by atoms with van der Waals surface area (Å²) in [4.78, 5) is 32.7. The Morgan fingerprint density at radius 1 is 1.15 bits per heavy atom. The third-order valence-electron chi connectivity index (χ3n) is 7.03. The molecule has 1 aromatic heterocycles. The number of likely N-dealkylation sites (tertiary alicyclic amines) is 1. The molecule has 33 heavy (non-hydrogen) atoms. The summed E-state index contributed by atoms with van der Waals surface area (Å²) in [6.07, 6.45) is 6.79. The van der Waals surface area contributed by atoms with Gasteiger partial charge >= 0.3 is 0 Å². The van der Waals surface area contributed by atoms with Crippen LogP contribution in [0.3, 0.4) is 0 Å². The second-order valence-corrected chi connectivity index (χ2v) is 9.38. The highest BCUT2D eigenvalue weighted by atomic mass is 16.2. The van der Waals surface area contributed by atoms with Crippen molar-refractivity contribution in [3.63, 3.8) is 0 Å². The van der Waals surface area contributed by atoms with Gasteiger partial charge in [-0.15, -0.1) is 0 Å². The highest BCUT2D eigenvalue weighted by molar-refractivity contribution is 5.96. The van der Waals surface area contributed by atoms with E-state index in [1.165, 1.54) is 11.9 Å². The summed E-state index contributed by atoms with van der Waals surface area (Å²) in [6.45, 7) is 2.59. The van der Waals surface area contributed by atoms with Gasteiger partial charge in [-0.1, -0.05) is 48.5 Å². The zero-order valence-corrected chi connectivity index (χ0v) is 18.9. The minimum absolute atomic E-state index is 0.00715. The Kier molecular flexibility index (Phi) is 5.70. The molecular formula is C26H29N5O2. The van der Waals surface area contributed by atoms with Crippen molar-refractivity contribution >= 4 is 11.8 Å². The summed E-state index contributed by atoms with van der Waals surface area (Å²) in [5.41, 5.74) is 2.37. The Hall–Kier alpha value is -3.48. The van der Waals surface area contributed by atoms with Crippen molar-refractivity contribution in [2.24, 2.45) is 0 Å². The molecule has 3 aromatic rings. The standard InChI is InChI=1S/C26H29N5O2/c1-26-15-21(14-19-8-3-2-4-9-19)31(23(26)12-7-13-24(32)29-26)25(33)22-11-6-5-10-20(22)16-30-18-27-17-28-30/h2-6,8-11,17-18,21,23H,7,12-16H2,1H3,(H,29,32)/t21-,23+,26+/m1/s1. The molecular weight excluding hydrogens is 414 g/mol. The Labute approximate surface area is 193 Å². The molecule has 0 radical (unpaired) electrons. The predicted octanol–water partition coefficient (Wildman–Crippen LogP) is 3.21. The molecule has 2 fully saturated rings. The quantitative estimate of drug-likeness (QED) is 0.657. The van der Waals surface area contributed by atoms with Crippen LogP contribution in [0.2, 0.25) is 0 Å². The van der Waals surface area contributed by atoms with Crippen LogP contribution in [-0.2, 0) is 17.8 Å². The topological polar surface area (TPSA) is 80.1 Å². The third kappa shape index (κ3) is 4.27. The molecule has 0 unspecified atom stereocenters. The van der Waals surface area contributed by atoms with Crippen LogP contribution in [0, 0.1) is 0 Å². The van der Waals surface area contributed by atoms with E-state index < -0.39 is 5.54 Å². The normalized spacial score (nSPS) is 24.8. The molecule has 0 saturated carbocycles. The lowest BCUT2D eigenvalue weighted by Crippen LogP contribution is -2.54. The average molecular weight is 444 g/mol. The van der Waals surface area contributed by atoms with Gasteiger partial charge in [-0.3, -0.25) is 9.59 Å². The van der Waals surface area contributed by atoms with Gasteiger partial charge in [0.05, 0.1) is 18.1 Å². The van der Waals surface area contributed by atoms with Crippen LogP contribution in [0.1, 0.15) is 54.1 Å². The number of hydrogen-bond acceptors (Lipinski definition) is 4. The smallest absolute Gasteiger partial charge is 0.254 e. The number of rotatable bonds is 5. The van der Waals surface area contributed by atoms with Crippen molar-refractivity contribution in [1.29, 1.82) is 0 Å². The zero-order chi connectivity index (χ0) is 22.8. The first-order valence-electron chi connectivity index (χ1n) is 11.6. The molecule has 7 nitrogen and oxygen atoms in total. The molecule has 2 aromatic carbocycles. The number of amides is 2. The van der Waals surface area contributed by atoms with E-state index in [9.17, 15) is 9.59 Å². The molecule has 2 amide bonds. The lowest BCUT2D eigenvalue weighted by molar-refractivity contribution is -0.122. The van der Waals surface area contributed by atoms with Crippen molar-refractivity contribution in [3.05, 3.63) is 83.9 Å². The lowest BCUT2D eigenvalue weighted by Gasteiger charge is -2.35. The van der Waals surface area contributed by atoms with E-state index in [1.54, 1.807) is 11.0 Å². The highest BCUT2D eigenvalue weighted by Gasteiger charge is 2.52. The number of carbonyl (C=O) groups is 2. The van der Waals surface area contributed by atoms with Crippen LogP contribution in [0.5, 0.6) is 0 Å². The van der Waals surface area contributed by atoms with Gasteiger partial charge < -0.3 is 10.2 Å². The molecule has 3 heterocycles. The Morgan fingerprint density at radius 3 is 2.73 bits per heavy atom. The van der Waals surface area contributed by atoms with E-state index in [-0.39, 0.29) is 23.9 Å². The van der Waals surface area contributed by atoms with Crippen molar-refractivity contribution in [3.8, 4) is 0 Å².